The number of hydrogen-bond acceptors (Lipinski definition) is 7. The fourth-order valence-corrected chi connectivity index (χ4v) is 5.70. The van der Waals surface area contributed by atoms with E-state index in [1.54, 1.807) is 31.6 Å². The van der Waals surface area contributed by atoms with Gasteiger partial charge >= 0.3 is 5.97 Å². The molecule has 0 unspecified atom stereocenters. The molecule has 0 bridgehead atoms. The van der Waals surface area contributed by atoms with Crippen molar-refractivity contribution < 1.29 is 18.7 Å². The largest absolute Gasteiger partial charge is 0.497 e. The van der Waals surface area contributed by atoms with Crippen molar-refractivity contribution in [2.45, 2.75) is 19.9 Å². The number of furan rings is 1. The zero-order valence-corrected chi connectivity index (χ0v) is 22.8. The van der Waals surface area contributed by atoms with Gasteiger partial charge in [-0.3, -0.25) is 9.36 Å². The van der Waals surface area contributed by atoms with Gasteiger partial charge in [0.2, 0.25) is 0 Å². The lowest BCUT2D eigenvalue weighted by molar-refractivity contribution is -0.139. The summed E-state index contributed by atoms with van der Waals surface area (Å²) in [7, 11) is 1.57. The monoisotopic (exact) mass is 578 g/mol. The fourth-order valence-electron chi connectivity index (χ4n) is 4.28. The second kappa shape index (κ2) is 10.4. The van der Waals surface area contributed by atoms with E-state index in [9.17, 15) is 9.59 Å². The molecule has 2 aromatic heterocycles. The van der Waals surface area contributed by atoms with E-state index in [0.717, 1.165) is 15.6 Å². The smallest absolute Gasteiger partial charge is 0.338 e. The molecule has 9 heteroatoms. The molecular weight excluding hydrogens is 556 g/mol. The van der Waals surface area contributed by atoms with Gasteiger partial charge in [-0.25, -0.2) is 9.79 Å². The molecular formula is C28H23BrN2O5S. The van der Waals surface area contributed by atoms with Crippen molar-refractivity contribution >= 4 is 39.3 Å². The average molecular weight is 579 g/mol. The zero-order chi connectivity index (χ0) is 26.1. The Morgan fingerprint density at radius 3 is 2.76 bits per heavy atom. The van der Waals surface area contributed by atoms with E-state index in [2.05, 4.69) is 20.9 Å². The van der Waals surface area contributed by atoms with Crippen LogP contribution in [0.1, 0.15) is 31.2 Å². The van der Waals surface area contributed by atoms with Crippen molar-refractivity contribution in [2.75, 3.05) is 13.7 Å². The number of ether oxygens (including phenoxy) is 2. The lowest BCUT2D eigenvalue weighted by atomic mass is 9.95. The third-order valence-electron chi connectivity index (χ3n) is 5.94. The Labute approximate surface area is 225 Å². The summed E-state index contributed by atoms with van der Waals surface area (Å²) in [6.07, 6.45) is 1.71. The molecule has 3 heterocycles. The van der Waals surface area contributed by atoms with Gasteiger partial charge in [-0.1, -0.05) is 51.5 Å². The number of carbonyl (C=O) groups excluding carboxylic acids is 1. The normalized spacial score (nSPS) is 15.4. The summed E-state index contributed by atoms with van der Waals surface area (Å²) in [6.45, 7) is 3.71. The van der Waals surface area contributed by atoms with Crippen LogP contribution in [-0.4, -0.2) is 24.3 Å². The Bertz CT molecular complexity index is 1710. The number of benzene rings is 2. The molecule has 7 nitrogen and oxygen atoms in total. The number of halogens is 1. The number of allylic oxidation sites excluding steroid dienone is 1. The third kappa shape index (κ3) is 4.84. The van der Waals surface area contributed by atoms with Crippen LogP contribution in [0, 0.1) is 0 Å². The van der Waals surface area contributed by atoms with Crippen molar-refractivity contribution in [1.82, 2.24) is 4.57 Å². The Morgan fingerprint density at radius 1 is 1.19 bits per heavy atom. The molecule has 0 saturated carbocycles. The summed E-state index contributed by atoms with van der Waals surface area (Å²) in [4.78, 5) is 31.9. The standard InChI is InChI=1S/C28H23BrN2O5S/c1-4-35-27(33)24-16(2)30-28-31(25(24)18-8-6-10-20(14-18)34-3)26(32)23(37-28)15-21-11-12-22(36-21)17-7-5-9-19(29)13-17/h5-15,25H,4H2,1-3H3/b23-15-/t25-/m1/s1. The van der Waals surface area contributed by atoms with Crippen molar-refractivity contribution in [3.8, 4) is 17.1 Å². The topological polar surface area (TPSA) is 83.0 Å². The van der Waals surface area contributed by atoms with E-state index in [1.165, 1.54) is 11.3 Å². The molecule has 0 fully saturated rings. The van der Waals surface area contributed by atoms with Crippen LogP contribution in [0.15, 0.2) is 90.6 Å². The first-order valence-corrected chi connectivity index (χ1v) is 13.2. The predicted octanol–water partition coefficient (Wildman–Crippen LogP) is 4.83. The second-order valence-corrected chi connectivity index (χ2v) is 10.2. The number of methoxy groups -OCH3 is 1. The summed E-state index contributed by atoms with van der Waals surface area (Å²) in [5.41, 5.74) is 2.20. The predicted molar refractivity (Wildman–Crippen MR) is 145 cm³/mol. The highest BCUT2D eigenvalue weighted by atomic mass is 79.9. The van der Waals surface area contributed by atoms with E-state index in [0.29, 0.717) is 37.9 Å². The quantitative estimate of drug-likeness (QED) is 0.306. The van der Waals surface area contributed by atoms with Crippen molar-refractivity contribution in [3.05, 3.63) is 107 Å². The number of nitrogens with zero attached hydrogens (tertiary/aromatic N) is 2. The Hall–Kier alpha value is -3.69. The minimum Gasteiger partial charge on any atom is -0.497 e. The lowest BCUT2D eigenvalue weighted by Gasteiger charge is -2.24. The highest BCUT2D eigenvalue weighted by molar-refractivity contribution is 9.10. The van der Waals surface area contributed by atoms with E-state index in [-0.39, 0.29) is 12.2 Å². The maximum atomic E-state index is 13.7. The number of esters is 1. The fraction of sp³-hybridized carbons (Fsp3) is 0.179. The summed E-state index contributed by atoms with van der Waals surface area (Å²) in [5, 5.41) is 0. The van der Waals surface area contributed by atoms with Crippen LogP contribution in [-0.2, 0) is 9.53 Å². The van der Waals surface area contributed by atoms with Crippen LogP contribution in [0.2, 0.25) is 0 Å². The highest BCUT2D eigenvalue weighted by Gasteiger charge is 2.33. The SMILES string of the molecule is CCOC(=O)C1=C(C)N=c2s/c(=C\c3ccc(-c4cccc(Br)c4)o3)c(=O)n2[C@@H]1c1cccc(OC)c1. The van der Waals surface area contributed by atoms with Gasteiger partial charge in [0.15, 0.2) is 4.80 Å². The van der Waals surface area contributed by atoms with Crippen LogP contribution in [0.4, 0.5) is 0 Å². The molecule has 0 N–H and O–H groups in total. The Morgan fingerprint density at radius 2 is 2.00 bits per heavy atom. The minimum absolute atomic E-state index is 0.212. The Balaban J connectivity index is 1.65. The van der Waals surface area contributed by atoms with Crippen LogP contribution in [0.3, 0.4) is 0 Å². The van der Waals surface area contributed by atoms with Crippen molar-refractivity contribution in [3.63, 3.8) is 0 Å². The zero-order valence-electron chi connectivity index (χ0n) is 20.4. The summed E-state index contributed by atoms with van der Waals surface area (Å²) >= 11 is 4.73. The Kier molecular flexibility index (Phi) is 6.99. The van der Waals surface area contributed by atoms with Gasteiger partial charge in [0.1, 0.15) is 17.3 Å². The first-order valence-electron chi connectivity index (χ1n) is 11.6. The first kappa shape index (κ1) is 25.0. The van der Waals surface area contributed by atoms with Crippen LogP contribution in [0.25, 0.3) is 17.4 Å². The number of carbonyl (C=O) groups is 1. The van der Waals surface area contributed by atoms with Crippen molar-refractivity contribution in [1.29, 1.82) is 0 Å². The average Bonchev–Trinajstić information content (AvgIpc) is 3.48. The molecule has 1 atom stereocenters. The van der Waals surface area contributed by atoms with E-state index in [4.69, 9.17) is 13.9 Å². The third-order valence-corrected chi connectivity index (χ3v) is 7.41. The molecule has 37 heavy (non-hydrogen) atoms. The molecule has 2 aromatic carbocycles. The number of aromatic nitrogens is 1. The lowest BCUT2D eigenvalue weighted by Crippen LogP contribution is -2.39. The number of hydrogen-bond donors (Lipinski definition) is 0. The van der Waals surface area contributed by atoms with Crippen LogP contribution < -0.4 is 19.6 Å². The van der Waals surface area contributed by atoms with E-state index >= 15 is 0 Å². The summed E-state index contributed by atoms with van der Waals surface area (Å²) in [6, 6.07) is 18.1. The number of thiazole rings is 1. The maximum absolute atomic E-state index is 13.7. The van der Waals surface area contributed by atoms with Gasteiger partial charge in [0.25, 0.3) is 5.56 Å². The molecule has 5 rings (SSSR count). The molecule has 1 aliphatic rings. The second-order valence-electron chi connectivity index (χ2n) is 8.29. The van der Waals surface area contributed by atoms with E-state index < -0.39 is 12.0 Å². The van der Waals surface area contributed by atoms with Crippen molar-refractivity contribution in [2.24, 2.45) is 4.99 Å². The first-order chi connectivity index (χ1) is 17.9. The number of rotatable bonds is 6. The van der Waals surface area contributed by atoms with Gasteiger partial charge in [-0.15, -0.1) is 0 Å². The molecule has 4 aromatic rings. The highest BCUT2D eigenvalue weighted by Crippen LogP contribution is 2.32. The van der Waals surface area contributed by atoms with Gasteiger partial charge in [-0.2, -0.15) is 0 Å². The van der Waals surface area contributed by atoms with Gasteiger partial charge < -0.3 is 13.9 Å². The van der Waals surface area contributed by atoms with Crippen LogP contribution >= 0.6 is 27.3 Å². The molecule has 188 valence electrons. The van der Waals surface area contributed by atoms with Gasteiger partial charge in [-0.05, 0) is 55.8 Å². The van der Waals surface area contributed by atoms with E-state index in [1.807, 2.05) is 60.7 Å². The van der Waals surface area contributed by atoms with Gasteiger partial charge in [0, 0.05) is 16.1 Å². The van der Waals surface area contributed by atoms with Crippen LogP contribution in [0.5, 0.6) is 5.75 Å². The summed E-state index contributed by atoms with van der Waals surface area (Å²) < 4.78 is 19.7. The number of fused-ring (bicyclic) bond motifs is 1. The molecule has 0 aliphatic carbocycles. The maximum Gasteiger partial charge on any atom is 0.338 e. The summed E-state index contributed by atoms with van der Waals surface area (Å²) in [5.74, 6) is 1.35. The molecule has 0 saturated heterocycles. The molecule has 0 radical (unpaired) electrons. The molecule has 1 aliphatic heterocycles. The van der Waals surface area contributed by atoms with Gasteiger partial charge in [0.05, 0.1) is 35.6 Å². The minimum atomic E-state index is -0.707. The molecule has 0 amide bonds. The molecule has 0 spiro atoms.